The summed E-state index contributed by atoms with van der Waals surface area (Å²) in [5, 5.41) is 13.6. The quantitative estimate of drug-likeness (QED) is 0.881. The molecule has 5 heteroatoms. The Morgan fingerprint density at radius 1 is 1.26 bits per heavy atom. The minimum atomic E-state index is -0.182. The highest BCUT2D eigenvalue weighted by Crippen LogP contribution is 2.23. The standard InChI is InChI=1S/C14H18FN3S/c1-3-12(16-4-2)14-18-17-13(19-14)9-10-7-5-6-8-11(10)15/h5-8,12,16H,3-4,9H2,1-2H3. The third-order valence-electron chi connectivity index (χ3n) is 2.94. The molecule has 0 aliphatic carbocycles. The van der Waals surface area contributed by atoms with Gasteiger partial charge in [0.2, 0.25) is 0 Å². The van der Waals surface area contributed by atoms with Gasteiger partial charge in [-0.3, -0.25) is 0 Å². The molecule has 1 heterocycles. The molecule has 0 fully saturated rings. The lowest BCUT2D eigenvalue weighted by molar-refractivity contribution is 0.530. The number of nitrogens with zero attached hydrogens (tertiary/aromatic N) is 2. The molecule has 0 aliphatic heterocycles. The van der Waals surface area contributed by atoms with Gasteiger partial charge in [0.15, 0.2) is 0 Å². The highest BCUT2D eigenvalue weighted by molar-refractivity contribution is 7.11. The van der Waals surface area contributed by atoms with E-state index >= 15 is 0 Å². The molecule has 1 aromatic heterocycles. The fourth-order valence-electron chi connectivity index (χ4n) is 1.94. The van der Waals surface area contributed by atoms with Crippen molar-refractivity contribution in [2.45, 2.75) is 32.7 Å². The normalized spacial score (nSPS) is 12.6. The Kier molecular flexibility index (Phi) is 4.99. The van der Waals surface area contributed by atoms with Crippen LogP contribution in [-0.4, -0.2) is 16.7 Å². The highest BCUT2D eigenvalue weighted by Gasteiger charge is 2.14. The highest BCUT2D eigenvalue weighted by atomic mass is 32.1. The third kappa shape index (κ3) is 3.58. The molecule has 0 spiro atoms. The summed E-state index contributed by atoms with van der Waals surface area (Å²) < 4.78 is 13.6. The third-order valence-corrected chi connectivity index (χ3v) is 3.98. The number of rotatable bonds is 6. The first kappa shape index (κ1) is 14.1. The van der Waals surface area contributed by atoms with Crippen LogP contribution in [0.2, 0.25) is 0 Å². The molecule has 1 aromatic carbocycles. The Balaban J connectivity index is 2.11. The van der Waals surface area contributed by atoms with Gasteiger partial charge in [-0.1, -0.05) is 43.4 Å². The summed E-state index contributed by atoms with van der Waals surface area (Å²) >= 11 is 1.56. The van der Waals surface area contributed by atoms with Crippen LogP contribution in [0.15, 0.2) is 24.3 Å². The van der Waals surface area contributed by atoms with E-state index < -0.39 is 0 Å². The zero-order valence-electron chi connectivity index (χ0n) is 11.2. The maximum Gasteiger partial charge on any atom is 0.134 e. The van der Waals surface area contributed by atoms with Crippen molar-refractivity contribution in [3.8, 4) is 0 Å². The lowest BCUT2D eigenvalue weighted by atomic mass is 10.1. The van der Waals surface area contributed by atoms with Crippen molar-refractivity contribution in [1.29, 1.82) is 0 Å². The zero-order chi connectivity index (χ0) is 13.7. The minimum absolute atomic E-state index is 0.182. The molecule has 0 bridgehead atoms. The first-order valence-electron chi connectivity index (χ1n) is 6.53. The topological polar surface area (TPSA) is 37.8 Å². The number of aromatic nitrogens is 2. The molecule has 0 saturated heterocycles. The van der Waals surface area contributed by atoms with E-state index in [1.807, 2.05) is 6.07 Å². The van der Waals surface area contributed by atoms with Crippen LogP contribution in [-0.2, 0) is 6.42 Å². The summed E-state index contributed by atoms with van der Waals surface area (Å²) in [6.07, 6.45) is 1.48. The first-order valence-corrected chi connectivity index (χ1v) is 7.35. The molecule has 1 unspecified atom stereocenters. The zero-order valence-corrected chi connectivity index (χ0v) is 12.0. The monoisotopic (exact) mass is 279 g/mol. The Morgan fingerprint density at radius 2 is 2.05 bits per heavy atom. The van der Waals surface area contributed by atoms with Crippen LogP contribution < -0.4 is 5.32 Å². The Hall–Kier alpha value is -1.33. The van der Waals surface area contributed by atoms with Gasteiger partial charge in [0, 0.05) is 6.42 Å². The number of hydrogen-bond donors (Lipinski definition) is 1. The van der Waals surface area contributed by atoms with Crippen molar-refractivity contribution in [2.24, 2.45) is 0 Å². The van der Waals surface area contributed by atoms with E-state index in [9.17, 15) is 4.39 Å². The second-order valence-electron chi connectivity index (χ2n) is 4.32. The largest absolute Gasteiger partial charge is 0.308 e. The van der Waals surface area contributed by atoms with Crippen LogP contribution >= 0.6 is 11.3 Å². The van der Waals surface area contributed by atoms with E-state index in [1.54, 1.807) is 23.5 Å². The molecule has 3 nitrogen and oxygen atoms in total. The molecule has 2 aromatic rings. The summed E-state index contributed by atoms with van der Waals surface area (Å²) in [6, 6.07) is 7.05. The molecule has 0 radical (unpaired) electrons. The summed E-state index contributed by atoms with van der Waals surface area (Å²) in [5.74, 6) is -0.182. The van der Waals surface area contributed by atoms with E-state index in [-0.39, 0.29) is 11.9 Å². The summed E-state index contributed by atoms with van der Waals surface area (Å²) in [4.78, 5) is 0. The van der Waals surface area contributed by atoms with E-state index in [4.69, 9.17) is 0 Å². The number of benzene rings is 1. The smallest absolute Gasteiger partial charge is 0.134 e. The van der Waals surface area contributed by atoms with Gasteiger partial charge in [0.05, 0.1) is 6.04 Å². The molecule has 1 N–H and O–H groups in total. The van der Waals surface area contributed by atoms with Crippen LogP contribution in [0.5, 0.6) is 0 Å². The van der Waals surface area contributed by atoms with Crippen molar-refractivity contribution in [1.82, 2.24) is 15.5 Å². The van der Waals surface area contributed by atoms with Gasteiger partial charge in [-0.15, -0.1) is 10.2 Å². The van der Waals surface area contributed by atoms with Crippen molar-refractivity contribution >= 4 is 11.3 Å². The van der Waals surface area contributed by atoms with Crippen molar-refractivity contribution in [3.05, 3.63) is 45.7 Å². The van der Waals surface area contributed by atoms with Gasteiger partial charge in [-0.25, -0.2) is 4.39 Å². The molecule has 0 saturated carbocycles. The second kappa shape index (κ2) is 6.73. The van der Waals surface area contributed by atoms with Crippen LogP contribution in [0.4, 0.5) is 4.39 Å². The summed E-state index contributed by atoms with van der Waals surface area (Å²) in [7, 11) is 0. The van der Waals surface area contributed by atoms with E-state index in [2.05, 4.69) is 29.4 Å². The first-order chi connectivity index (χ1) is 9.24. The van der Waals surface area contributed by atoms with E-state index in [0.717, 1.165) is 23.0 Å². The van der Waals surface area contributed by atoms with Crippen LogP contribution in [0.1, 0.15) is 41.9 Å². The van der Waals surface area contributed by atoms with Gasteiger partial charge in [-0.2, -0.15) is 0 Å². The average molecular weight is 279 g/mol. The van der Waals surface area contributed by atoms with Gasteiger partial charge >= 0.3 is 0 Å². The van der Waals surface area contributed by atoms with Gasteiger partial charge in [0.25, 0.3) is 0 Å². The molecule has 0 aliphatic rings. The molecule has 2 rings (SSSR count). The van der Waals surface area contributed by atoms with Crippen molar-refractivity contribution in [2.75, 3.05) is 6.54 Å². The fraction of sp³-hybridized carbons (Fsp3) is 0.429. The van der Waals surface area contributed by atoms with Crippen LogP contribution in [0.3, 0.4) is 0 Å². The van der Waals surface area contributed by atoms with Gasteiger partial charge in [0.1, 0.15) is 15.8 Å². The van der Waals surface area contributed by atoms with Gasteiger partial charge in [-0.05, 0) is 24.6 Å². The Labute approximate surface area is 116 Å². The predicted octanol–water partition coefficient (Wildman–Crippen LogP) is 3.33. The number of halogens is 1. The Morgan fingerprint density at radius 3 is 2.74 bits per heavy atom. The predicted molar refractivity (Wildman–Crippen MR) is 75.8 cm³/mol. The molecular weight excluding hydrogens is 261 g/mol. The summed E-state index contributed by atoms with van der Waals surface area (Å²) in [6.45, 7) is 5.09. The molecule has 102 valence electrons. The minimum Gasteiger partial charge on any atom is -0.308 e. The second-order valence-corrected chi connectivity index (χ2v) is 5.41. The lowest BCUT2D eigenvalue weighted by Crippen LogP contribution is -2.19. The van der Waals surface area contributed by atoms with E-state index in [0.29, 0.717) is 12.0 Å². The number of hydrogen-bond acceptors (Lipinski definition) is 4. The SMILES string of the molecule is CCNC(CC)c1nnc(Cc2ccccc2F)s1. The molecular formula is C14H18FN3S. The molecule has 19 heavy (non-hydrogen) atoms. The van der Waals surface area contributed by atoms with Gasteiger partial charge < -0.3 is 5.32 Å². The average Bonchev–Trinajstić information content (AvgIpc) is 2.87. The van der Waals surface area contributed by atoms with Crippen molar-refractivity contribution in [3.63, 3.8) is 0 Å². The molecule has 0 amide bonds. The number of nitrogens with one attached hydrogen (secondary N) is 1. The molecule has 1 atom stereocenters. The maximum atomic E-state index is 13.6. The van der Waals surface area contributed by atoms with Crippen LogP contribution in [0.25, 0.3) is 0 Å². The lowest BCUT2D eigenvalue weighted by Gasteiger charge is -2.10. The fourth-order valence-corrected chi connectivity index (χ4v) is 2.96. The Bertz CT molecular complexity index is 527. The maximum absolute atomic E-state index is 13.6. The summed E-state index contributed by atoms with van der Waals surface area (Å²) in [5.41, 5.74) is 0.668. The van der Waals surface area contributed by atoms with Crippen molar-refractivity contribution < 1.29 is 4.39 Å². The van der Waals surface area contributed by atoms with Crippen LogP contribution in [0, 0.1) is 5.82 Å². The van der Waals surface area contributed by atoms with E-state index in [1.165, 1.54) is 6.07 Å².